The molecule has 0 saturated heterocycles. The summed E-state index contributed by atoms with van der Waals surface area (Å²) in [5, 5.41) is 2.08. The van der Waals surface area contributed by atoms with Crippen LogP contribution in [0.15, 0.2) is 17.5 Å². The largest absolute Gasteiger partial charge is 0.380 e. The summed E-state index contributed by atoms with van der Waals surface area (Å²) < 4.78 is 5.36. The number of rotatable bonds is 6. The first-order chi connectivity index (χ1) is 6.81. The second-order valence-corrected chi connectivity index (χ2v) is 4.27. The molecule has 2 atom stereocenters. The smallest absolute Gasteiger partial charge is 0.0738 e. The number of thiophene rings is 1. The lowest BCUT2D eigenvalue weighted by Crippen LogP contribution is -2.45. The lowest BCUT2D eigenvalue weighted by molar-refractivity contribution is 0.0656. The summed E-state index contributed by atoms with van der Waals surface area (Å²) in [5.41, 5.74) is 2.82. The number of hydrogen-bond donors (Lipinski definition) is 2. The summed E-state index contributed by atoms with van der Waals surface area (Å²) >= 11 is 1.75. The van der Waals surface area contributed by atoms with Gasteiger partial charge >= 0.3 is 0 Å². The van der Waals surface area contributed by atoms with E-state index in [0.29, 0.717) is 0 Å². The van der Waals surface area contributed by atoms with Gasteiger partial charge in [0.15, 0.2) is 0 Å². The molecule has 0 aliphatic carbocycles. The van der Waals surface area contributed by atoms with Gasteiger partial charge in [0.05, 0.1) is 12.1 Å². The predicted molar refractivity (Wildman–Crippen MR) is 60.2 cm³/mol. The van der Waals surface area contributed by atoms with E-state index in [1.54, 1.807) is 18.4 Å². The molecule has 0 aromatic carbocycles. The SMILES string of the molecule is CCC(OC)C(Cc1cccs1)NN. The maximum Gasteiger partial charge on any atom is 0.0738 e. The number of hydrogen-bond acceptors (Lipinski definition) is 4. The van der Waals surface area contributed by atoms with Gasteiger partial charge in [-0.05, 0) is 17.9 Å². The van der Waals surface area contributed by atoms with Crippen molar-refractivity contribution in [2.45, 2.75) is 31.9 Å². The van der Waals surface area contributed by atoms with Crippen molar-refractivity contribution in [3.63, 3.8) is 0 Å². The molecular weight excluding hydrogens is 196 g/mol. The van der Waals surface area contributed by atoms with Crippen molar-refractivity contribution in [1.29, 1.82) is 0 Å². The van der Waals surface area contributed by atoms with Gasteiger partial charge in [-0.15, -0.1) is 11.3 Å². The molecule has 4 heteroatoms. The predicted octanol–water partition coefficient (Wildman–Crippen LogP) is 1.55. The highest BCUT2D eigenvalue weighted by molar-refractivity contribution is 7.09. The summed E-state index contributed by atoms with van der Waals surface area (Å²) in [7, 11) is 1.73. The van der Waals surface area contributed by atoms with Gasteiger partial charge in [0.25, 0.3) is 0 Å². The topological polar surface area (TPSA) is 47.3 Å². The van der Waals surface area contributed by atoms with E-state index in [1.165, 1.54) is 4.88 Å². The first kappa shape index (κ1) is 11.7. The standard InChI is InChI=1S/C10H18N2OS/c1-3-10(13-2)9(12-11)7-8-5-4-6-14-8/h4-6,9-10,12H,3,7,11H2,1-2H3. The number of nitrogens with one attached hydrogen (secondary N) is 1. The van der Waals surface area contributed by atoms with Gasteiger partial charge in [-0.1, -0.05) is 13.0 Å². The van der Waals surface area contributed by atoms with Crippen LogP contribution in [0.5, 0.6) is 0 Å². The first-order valence-corrected chi connectivity index (χ1v) is 5.71. The summed E-state index contributed by atoms with van der Waals surface area (Å²) in [6, 6.07) is 4.38. The van der Waals surface area contributed by atoms with Gasteiger partial charge in [0.2, 0.25) is 0 Å². The molecule has 0 amide bonds. The Bertz CT molecular complexity index is 234. The molecule has 0 spiro atoms. The normalized spacial score (nSPS) is 15.4. The first-order valence-electron chi connectivity index (χ1n) is 4.83. The second kappa shape index (κ2) is 6.14. The monoisotopic (exact) mass is 214 g/mol. The summed E-state index contributed by atoms with van der Waals surface area (Å²) in [4.78, 5) is 1.34. The Balaban J connectivity index is 2.53. The van der Waals surface area contributed by atoms with Gasteiger partial charge in [-0.3, -0.25) is 11.3 Å². The highest BCUT2D eigenvalue weighted by atomic mass is 32.1. The van der Waals surface area contributed by atoms with Crippen LogP contribution in [0.1, 0.15) is 18.2 Å². The number of ether oxygens (including phenoxy) is 1. The van der Waals surface area contributed by atoms with Crippen LogP contribution >= 0.6 is 11.3 Å². The Morgan fingerprint density at radius 2 is 2.43 bits per heavy atom. The van der Waals surface area contributed by atoms with E-state index in [-0.39, 0.29) is 12.1 Å². The molecule has 1 aromatic rings. The van der Waals surface area contributed by atoms with Crippen molar-refractivity contribution in [3.8, 4) is 0 Å². The fourth-order valence-electron chi connectivity index (χ4n) is 1.56. The molecule has 3 nitrogen and oxygen atoms in total. The van der Waals surface area contributed by atoms with E-state index >= 15 is 0 Å². The minimum absolute atomic E-state index is 0.182. The second-order valence-electron chi connectivity index (χ2n) is 3.24. The zero-order valence-corrected chi connectivity index (χ0v) is 9.51. The van der Waals surface area contributed by atoms with Gasteiger partial charge in [0, 0.05) is 18.4 Å². The molecule has 1 aromatic heterocycles. The van der Waals surface area contributed by atoms with Crippen molar-refractivity contribution >= 4 is 11.3 Å². The molecule has 80 valence electrons. The average Bonchev–Trinajstić information content (AvgIpc) is 2.70. The third-order valence-corrected chi connectivity index (χ3v) is 3.27. The van der Waals surface area contributed by atoms with Crippen LogP contribution < -0.4 is 11.3 Å². The van der Waals surface area contributed by atoms with Crippen LogP contribution in [0.25, 0.3) is 0 Å². The summed E-state index contributed by atoms with van der Waals surface area (Å²) in [6.45, 7) is 2.10. The van der Waals surface area contributed by atoms with Gasteiger partial charge in [-0.2, -0.15) is 0 Å². The molecule has 0 radical (unpaired) electrons. The van der Waals surface area contributed by atoms with Crippen molar-refractivity contribution in [1.82, 2.24) is 5.43 Å². The zero-order chi connectivity index (χ0) is 10.4. The molecule has 3 N–H and O–H groups in total. The molecule has 0 aliphatic rings. The van der Waals surface area contributed by atoms with Crippen molar-refractivity contribution in [3.05, 3.63) is 22.4 Å². The molecule has 14 heavy (non-hydrogen) atoms. The third-order valence-electron chi connectivity index (χ3n) is 2.37. The third kappa shape index (κ3) is 3.06. The summed E-state index contributed by atoms with van der Waals surface area (Å²) in [6.07, 6.45) is 2.08. The molecule has 0 fully saturated rings. The van der Waals surface area contributed by atoms with Gasteiger partial charge < -0.3 is 4.74 Å². The lowest BCUT2D eigenvalue weighted by Gasteiger charge is -2.23. The van der Waals surface area contributed by atoms with Gasteiger partial charge in [0.1, 0.15) is 0 Å². The molecule has 1 rings (SSSR count). The Labute approximate surface area is 89.2 Å². The van der Waals surface area contributed by atoms with Crippen molar-refractivity contribution < 1.29 is 4.74 Å². The number of hydrazine groups is 1. The number of nitrogens with two attached hydrogens (primary N) is 1. The molecular formula is C10H18N2OS. The lowest BCUT2D eigenvalue weighted by atomic mass is 10.1. The zero-order valence-electron chi connectivity index (χ0n) is 8.69. The van der Waals surface area contributed by atoms with Crippen LogP contribution in [0.2, 0.25) is 0 Å². The Kier molecular flexibility index (Phi) is 5.11. The van der Waals surface area contributed by atoms with Crippen molar-refractivity contribution in [2.75, 3.05) is 7.11 Å². The molecule has 1 heterocycles. The van der Waals surface area contributed by atoms with E-state index in [9.17, 15) is 0 Å². The molecule has 0 aliphatic heterocycles. The quantitative estimate of drug-likeness (QED) is 0.558. The molecule has 0 bridgehead atoms. The van der Waals surface area contributed by atoms with E-state index in [0.717, 1.165) is 12.8 Å². The van der Waals surface area contributed by atoms with Crippen LogP contribution in [-0.4, -0.2) is 19.3 Å². The fraction of sp³-hybridized carbons (Fsp3) is 0.600. The highest BCUT2D eigenvalue weighted by Crippen LogP contribution is 2.14. The molecule has 0 saturated carbocycles. The fourth-order valence-corrected chi connectivity index (χ4v) is 2.32. The maximum atomic E-state index is 5.52. The summed E-state index contributed by atoms with van der Waals surface area (Å²) in [5.74, 6) is 5.52. The van der Waals surface area contributed by atoms with Crippen molar-refractivity contribution in [2.24, 2.45) is 5.84 Å². The average molecular weight is 214 g/mol. The Hall–Kier alpha value is -0.420. The highest BCUT2D eigenvalue weighted by Gasteiger charge is 2.18. The van der Waals surface area contributed by atoms with Crippen LogP contribution in [0, 0.1) is 0 Å². The minimum Gasteiger partial charge on any atom is -0.380 e. The van der Waals surface area contributed by atoms with Crippen LogP contribution in [0.4, 0.5) is 0 Å². The van der Waals surface area contributed by atoms with Crippen LogP contribution in [0.3, 0.4) is 0 Å². The van der Waals surface area contributed by atoms with Gasteiger partial charge in [-0.25, -0.2) is 0 Å². The van der Waals surface area contributed by atoms with E-state index in [4.69, 9.17) is 10.6 Å². The number of methoxy groups -OCH3 is 1. The molecule has 2 unspecified atom stereocenters. The van der Waals surface area contributed by atoms with E-state index in [2.05, 4.69) is 29.9 Å². The maximum absolute atomic E-state index is 5.52. The van der Waals surface area contributed by atoms with E-state index < -0.39 is 0 Å². The van der Waals surface area contributed by atoms with Crippen LogP contribution in [-0.2, 0) is 11.2 Å². The Morgan fingerprint density at radius 1 is 1.64 bits per heavy atom. The Morgan fingerprint density at radius 3 is 2.86 bits per heavy atom. The minimum atomic E-state index is 0.182. The van der Waals surface area contributed by atoms with E-state index in [1.807, 2.05) is 0 Å².